The number of ketones is 1. The molecule has 0 radical (unpaired) electrons. The van der Waals surface area contributed by atoms with Gasteiger partial charge < -0.3 is 24.5 Å². The molecule has 12 nitrogen and oxygen atoms in total. The molecule has 0 atom stereocenters. The van der Waals surface area contributed by atoms with Crippen LogP contribution in [0.15, 0.2) is 146 Å². The number of rotatable bonds is 24. The highest BCUT2D eigenvalue weighted by Crippen LogP contribution is 2.28. The molecule has 6 aromatic rings. The Balaban J connectivity index is 1.25. The first kappa shape index (κ1) is 61.5. The van der Waals surface area contributed by atoms with Crippen LogP contribution in [-0.2, 0) is 39.3 Å². The number of Topliss-reactive ketones (excluding diaryl/α,β-unsaturated/α-hetero) is 1. The van der Waals surface area contributed by atoms with Crippen LogP contribution in [0.25, 0.3) is 0 Å². The van der Waals surface area contributed by atoms with Crippen molar-refractivity contribution in [3.05, 3.63) is 212 Å². The van der Waals surface area contributed by atoms with Crippen LogP contribution < -0.4 is 0 Å². The zero-order valence-corrected chi connectivity index (χ0v) is 49.7. The van der Waals surface area contributed by atoms with Gasteiger partial charge in [0.2, 0.25) is 0 Å². The molecular weight excluding hydrogens is 997 g/mol. The molecule has 0 fully saturated rings. The molecule has 0 spiro atoms. The normalized spacial score (nSPS) is 11.5. The van der Waals surface area contributed by atoms with Crippen LogP contribution >= 0.6 is 0 Å². The second kappa shape index (κ2) is 27.9. The molecule has 0 N–H and O–H groups in total. The SMILES string of the molecule is CC(=O)c1ccccc1CN(C(=O)c1ccccc1CN(C(=O)c1ccccc1CN(C(=O)c1ccccc1CN(C(=O)c1ccccc1CN(C(=O)c1ccccc1CN(C)C(C)C)C(C)C)C(C)C)C(C)C)C(C)C)C(C)C. The molecule has 0 aliphatic carbocycles. The summed E-state index contributed by atoms with van der Waals surface area (Å²) in [6.45, 7) is 26.9. The first-order chi connectivity index (χ1) is 38.0. The standard InChI is InChI=1S/C68H84N6O6/c1-45(2)69(14)39-52-27-16-22-34-59(52)64(76)71(47(5)6)41-54-29-18-24-36-61(54)66(78)73(49(9)10)43-56-31-20-26-38-63(56)68(80)74(50(11)12)44-57-32-19-25-37-62(57)67(79)72(48(7)8)42-55-30-17-23-35-60(55)65(77)70(46(3)4)40-53-28-15-21-33-58(53)51(13)75/h15-38,45-50H,39-44H2,1-14H3. The maximum absolute atomic E-state index is 15.1. The van der Waals surface area contributed by atoms with Crippen LogP contribution in [0.1, 0.15) is 186 Å². The molecule has 0 bridgehead atoms. The smallest absolute Gasteiger partial charge is 0.254 e. The highest BCUT2D eigenvalue weighted by Gasteiger charge is 2.31. The Morgan fingerprint density at radius 3 is 0.637 bits per heavy atom. The van der Waals surface area contributed by atoms with Gasteiger partial charge in [-0.2, -0.15) is 0 Å². The molecule has 0 unspecified atom stereocenters. The van der Waals surface area contributed by atoms with E-state index in [0.717, 1.165) is 16.7 Å². The molecule has 5 amide bonds. The summed E-state index contributed by atoms with van der Waals surface area (Å²) >= 11 is 0. The predicted molar refractivity (Wildman–Crippen MR) is 320 cm³/mol. The first-order valence-electron chi connectivity index (χ1n) is 28.3. The van der Waals surface area contributed by atoms with Gasteiger partial charge in [-0.25, -0.2) is 0 Å². The van der Waals surface area contributed by atoms with E-state index in [1.54, 1.807) is 43.9 Å². The summed E-state index contributed by atoms with van der Waals surface area (Å²) in [6, 6.07) is 43.8. The second-order valence-corrected chi connectivity index (χ2v) is 22.6. The molecule has 0 aliphatic heterocycles. The summed E-state index contributed by atoms with van der Waals surface area (Å²) in [4.78, 5) is 97.8. The Morgan fingerprint density at radius 2 is 0.450 bits per heavy atom. The van der Waals surface area contributed by atoms with E-state index in [9.17, 15) is 19.2 Å². The average molecular weight is 1080 g/mol. The predicted octanol–water partition coefficient (Wildman–Crippen LogP) is 13.0. The third-order valence-corrected chi connectivity index (χ3v) is 15.1. The minimum Gasteiger partial charge on any atom is -0.332 e. The van der Waals surface area contributed by atoms with Crippen LogP contribution in [0.3, 0.4) is 0 Å². The summed E-state index contributed by atoms with van der Waals surface area (Å²) in [5.74, 6) is -1.07. The topological polar surface area (TPSA) is 122 Å². The van der Waals surface area contributed by atoms with E-state index in [0.29, 0.717) is 62.7 Å². The van der Waals surface area contributed by atoms with E-state index in [1.807, 2.05) is 203 Å². The zero-order chi connectivity index (χ0) is 58.5. The zero-order valence-electron chi connectivity index (χ0n) is 49.7. The molecule has 0 saturated heterocycles. The van der Waals surface area contributed by atoms with Gasteiger partial charge in [0.25, 0.3) is 29.5 Å². The van der Waals surface area contributed by atoms with Gasteiger partial charge in [0, 0.05) is 109 Å². The van der Waals surface area contributed by atoms with Crippen LogP contribution in [0.5, 0.6) is 0 Å². The van der Waals surface area contributed by atoms with Crippen molar-refractivity contribution in [3.63, 3.8) is 0 Å². The molecular formula is C68H84N6O6. The van der Waals surface area contributed by atoms with Crippen molar-refractivity contribution in [2.75, 3.05) is 7.05 Å². The van der Waals surface area contributed by atoms with Crippen molar-refractivity contribution in [3.8, 4) is 0 Å². The lowest BCUT2D eigenvalue weighted by Crippen LogP contribution is -2.41. The van der Waals surface area contributed by atoms with Crippen molar-refractivity contribution >= 4 is 35.3 Å². The molecule has 0 aliphatic rings. The lowest BCUT2D eigenvalue weighted by atomic mass is 9.99. The summed E-state index contributed by atoms with van der Waals surface area (Å²) in [7, 11) is 2.05. The number of amides is 5. The van der Waals surface area contributed by atoms with Gasteiger partial charge in [0.15, 0.2) is 5.78 Å². The first-order valence-corrected chi connectivity index (χ1v) is 28.3. The molecule has 6 rings (SSSR count). The van der Waals surface area contributed by atoms with E-state index < -0.39 is 0 Å². The van der Waals surface area contributed by atoms with Gasteiger partial charge in [0.05, 0.1) is 0 Å². The Bertz CT molecular complexity index is 3140. The largest absolute Gasteiger partial charge is 0.332 e. The summed E-state index contributed by atoms with van der Waals surface area (Å²) in [6.07, 6.45) is 0. The van der Waals surface area contributed by atoms with Crippen molar-refractivity contribution in [2.45, 2.75) is 166 Å². The molecule has 0 saturated carbocycles. The van der Waals surface area contributed by atoms with E-state index in [-0.39, 0.29) is 98.3 Å². The Labute approximate surface area is 476 Å². The monoisotopic (exact) mass is 1080 g/mol. The fourth-order valence-electron chi connectivity index (χ4n) is 9.92. The van der Waals surface area contributed by atoms with Crippen LogP contribution in [0.4, 0.5) is 0 Å². The minimum atomic E-state index is -0.284. The molecule has 80 heavy (non-hydrogen) atoms. The van der Waals surface area contributed by atoms with E-state index >= 15 is 9.59 Å². The summed E-state index contributed by atoms with van der Waals surface area (Å²) < 4.78 is 0. The molecule has 6 aromatic carbocycles. The van der Waals surface area contributed by atoms with Gasteiger partial charge >= 0.3 is 0 Å². The molecule has 422 valence electrons. The average Bonchev–Trinajstić information content (AvgIpc) is 3.49. The van der Waals surface area contributed by atoms with Crippen LogP contribution in [0.2, 0.25) is 0 Å². The number of carbonyl (C=O) groups is 6. The molecule has 12 heteroatoms. The van der Waals surface area contributed by atoms with Gasteiger partial charge in [-0.05, 0) is 161 Å². The lowest BCUT2D eigenvalue weighted by Gasteiger charge is -2.33. The van der Waals surface area contributed by atoms with Gasteiger partial charge in [-0.15, -0.1) is 0 Å². The quantitative estimate of drug-likeness (QED) is 0.0553. The Morgan fingerprint density at radius 1 is 0.275 bits per heavy atom. The summed E-state index contributed by atoms with van der Waals surface area (Å²) in [5.41, 5.74) is 7.51. The summed E-state index contributed by atoms with van der Waals surface area (Å²) in [5, 5.41) is 0. The van der Waals surface area contributed by atoms with Gasteiger partial charge in [-0.3, -0.25) is 33.7 Å². The Hall–Kier alpha value is -7.70. The third-order valence-electron chi connectivity index (χ3n) is 15.1. The fraction of sp³-hybridized carbons (Fsp3) is 0.382. The molecule has 0 heterocycles. The Kier molecular flexibility index (Phi) is 21.5. The minimum absolute atomic E-state index is 0.0705. The van der Waals surface area contributed by atoms with Gasteiger partial charge in [0.1, 0.15) is 0 Å². The van der Waals surface area contributed by atoms with Crippen molar-refractivity contribution in [2.24, 2.45) is 0 Å². The van der Waals surface area contributed by atoms with Gasteiger partial charge in [-0.1, -0.05) is 115 Å². The number of hydrogen-bond donors (Lipinski definition) is 0. The van der Waals surface area contributed by atoms with E-state index in [4.69, 9.17) is 0 Å². The highest BCUT2D eigenvalue weighted by atomic mass is 16.2. The maximum atomic E-state index is 15.1. The number of carbonyl (C=O) groups excluding carboxylic acids is 6. The third kappa shape index (κ3) is 14.9. The number of hydrogen-bond acceptors (Lipinski definition) is 7. The highest BCUT2D eigenvalue weighted by molar-refractivity contribution is 6.01. The van der Waals surface area contributed by atoms with E-state index in [2.05, 4.69) is 18.7 Å². The molecule has 0 aromatic heterocycles. The van der Waals surface area contributed by atoms with Crippen molar-refractivity contribution < 1.29 is 28.8 Å². The van der Waals surface area contributed by atoms with E-state index in [1.165, 1.54) is 6.92 Å². The maximum Gasteiger partial charge on any atom is 0.254 e. The van der Waals surface area contributed by atoms with Crippen molar-refractivity contribution in [1.82, 2.24) is 29.4 Å². The fourth-order valence-corrected chi connectivity index (χ4v) is 9.92. The van der Waals surface area contributed by atoms with Crippen molar-refractivity contribution in [1.29, 1.82) is 0 Å². The number of nitrogens with zero attached hydrogens (tertiary/aromatic N) is 6. The second-order valence-electron chi connectivity index (χ2n) is 22.6. The lowest BCUT2D eigenvalue weighted by molar-refractivity contribution is 0.0644. The number of benzene rings is 6. The van der Waals surface area contributed by atoms with Crippen LogP contribution in [-0.4, -0.2) is 108 Å². The van der Waals surface area contributed by atoms with Crippen LogP contribution in [0, 0.1) is 0 Å².